The van der Waals surface area contributed by atoms with Crippen LogP contribution in [0.4, 0.5) is 0 Å². The number of hydrogen-bond acceptors (Lipinski definition) is 5. The number of fused-ring (bicyclic) bond motifs is 3. The lowest BCUT2D eigenvalue weighted by molar-refractivity contribution is 0.282. The van der Waals surface area contributed by atoms with E-state index in [-0.39, 0.29) is 5.56 Å². The van der Waals surface area contributed by atoms with Gasteiger partial charge in [0.05, 0.1) is 26.2 Å². The first kappa shape index (κ1) is 20.0. The van der Waals surface area contributed by atoms with Crippen LogP contribution in [0.5, 0.6) is 11.5 Å². The molecule has 3 aromatic carbocycles. The highest BCUT2D eigenvalue weighted by atomic mass is 127. The number of benzene rings is 3. The Balaban J connectivity index is 1.53. The second-order valence-electron chi connectivity index (χ2n) is 6.94. The van der Waals surface area contributed by atoms with Crippen LogP contribution in [0.3, 0.4) is 0 Å². The van der Waals surface area contributed by atoms with Crippen molar-refractivity contribution < 1.29 is 9.47 Å². The maximum absolute atomic E-state index is 13.0. The number of methoxy groups -OCH3 is 1. The van der Waals surface area contributed by atoms with Gasteiger partial charge in [-0.1, -0.05) is 53.8 Å². The van der Waals surface area contributed by atoms with Crippen LogP contribution in [-0.4, -0.2) is 16.5 Å². The molecule has 0 aliphatic heterocycles. The van der Waals surface area contributed by atoms with Crippen molar-refractivity contribution in [2.24, 2.45) is 0 Å². The number of halogens is 1. The molecule has 2 heterocycles. The van der Waals surface area contributed by atoms with E-state index < -0.39 is 0 Å². The summed E-state index contributed by atoms with van der Waals surface area (Å²) in [4.78, 5) is 18.3. The Bertz CT molecular complexity index is 1510. The lowest BCUT2D eigenvalue weighted by Gasteiger charge is -2.13. The van der Waals surface area contributed by atoms with E-state index in [1.807, 2.05) is 72.8 Å². The zero-order valence-corrected chi connectivity index (χ0v) is 19.5. The predicted molar refractivity (Wildman–Crippen MR) is 132 cm³/mol. The lowest BCUT2D eigenvalue weighted by Crippen LogP contribution is -2.22. The third-order valence-corrected chi connectivity index (χ3v) is 6.69. The van der Waals surface area contributed by atoms with Crippen LogP contribution in [-0.2, 0) is 6.61 Å². The van der Waals surface area contributed by atoms with Gasteiger partial charge in [-0.05, 0) is 64.1 Å². The van der Waals surface area contributed by atoms with E-state index in [1.54, 1.807) is 11.5 Å². The Morgan fingerprint density at radius 2 is 1.87 bits per heavy atom. The Labute approximate surface area is 195 Å². The van der Waals surface area contributed by atoms with Crippen LogP contribution in [0.25, 0.3) is 22.1 Å². The fourth-order valence-electron chi connectivity index (χ4n) is 3.46. The minimum Gasteiger partial charge on any atom is -0.493 e. The van der Waals surface area contributed by atoms with Gasteiger partial charge < -0.3 is 9.47 Å². The molecule has 5 nitrogen and oxygen atoms in total. The van der Waals surface area contributed by atoms with Gasteiger partial charge in [0, 0.05) is 0 Å². The van der Waals surface area contributed by atoms with Crippen molar-refractivity contribution in [3.63, 3.8) is 0 Å². The summed E-state index contributed by atoms with van der Waals surface area (Å²) in [5.41, 5.74) is 3.55. The minimum absolute atomic E-state index is 0.0629. The highest BCUT2D eigenvalue weighted by Crippen LogP contribution is 2.34. The van der Waals surface area contributed by atoms with Crippen molar-refractivity contribution in [3.05, 3.63) is 96.3 Å². The summed E-state index contributed by atoms with van der Waals surface area (Å²) >= 11 is 3.62. The van der Waals surface area contributed by atoms with Crippen molar-refractivity contribution >= 4 is 56.0 Å². The topological polar surface area (TPSA) is 52.8 Å². The monoisotopic (exact) mass is 540 g/mol. The Kier molecular flexibility index (Phi) is 5.37. The molecule has 154 valence electrons. The number of thiazole rings is 1. The quantitative estimate of drug-likeness (QED) is 0.305. The second-order valence-corrected chi connectivity index (χ2v) is 9.11. The maximum Gasteiger partial charge on any atom is 0.274 e. The van der Waals surface area contributed by atoms with Gasteiger partial charge in [0.15, 0.2) is 16.5 Å². The van der Waals surface area contributed by atoms with Gasteiger partial charge in [-0.25, -0.2) is 9.38 Å². The van der Waals surface area contributed by atoms with Gasteiger partial charge in [0.1, 0.15) is 6.61 Å². The Morgan fingerprint density at radius 1 is 1.10 bits per heavy atom. The van der Waals surface area contributed by atoms with Crippen molar-refractivity contribution in [1.82, 2.24) is 9.38 Å². The molecule has 0 aliphatic rings. The van der Waals surface area contributed by atoms with Gasteiger partial charge in [-0.2, -0.15) is 0 Å². The number of ether oxygens (including phenoxy) is 2. The number of hydrogen-bond donors (Lipinski definition) is 0. The van der Waals surface area contributed by atoms with E-state index >= 15 is 0 Å². The summed E-state index contributed by atoms with van der Waals surface area (Å²) < 4.78 is 14.8. The van der Waals surface area contributed by atoms with Crippen LogP contribution < -0.4 is 19.6 Å². The first-order valence-corrected chi connectivity index (χ1v) is 11.5. The molecule has 0 unspecified atom stereocenters. The van der Waals surface area contributed by atoms with Gasteiger partial charge in [0.2, 0.25) is 0 Å². The summed E-state index contributed by atoms with van der Waals surface area (Å²) in [5.74, 6) is 1.33. The normalized spacial score (nSPS) is 12.0. The van der Waals surface area contributed by atoms with Crippen LogP contribution in [0, 0.1) is 3.57 Å². The highest BCUT2D eigenvalue weighted by Gasteiger charge is 2.13. The van der Waals surface area contributed by atoms with E-state index in [1.165, 1.54) is 11.3 Å². The molecule has 0 N–H and O–H groups in total. The second kappa shape index (κ2) is 8.32. The maximum atomic E-state index is 13.0. The van der Waals surface area contributed by atoms with Gasteiger partial charge in [-0.3, -0.25) is 4.79 Å². The molecule has 0 spiro atoms. The summed E-state index contributed by atoms with van der Waals surface area (Å²) in [6, 6.07) is 21.5. The molecule has 0 amide bonds. The van der Waals surface area contributed by atoms with E-state index in [0.29, 0.717) is 27.6 Å². The predicted octanol–water partition coefficient (Wildman–Crippen LogP) is 4.65. The fraction of sp³-hybridized carbons (Fsp3) is 0.0833. The molecule has 5 aromatic rings. The van der Waals surface area contributed by atoms with Crippen molar-refractivity contribution in [3.8, 4) is 11.5 Å². The van der Waals surface area contributed by atoms with Crippen LogP contribution >= 0.6 is 33.9 Å². The molecule has 0 fully saturated rings. The molecule has 0 aliphatic carbocycles. The molecule has 0 saturated heterocycles. The third-order valence-electron chi connectivity index (χ3n) is 4.92. The first-order chi connectivity index (χ1) is 15.1. The smallest absolute Gasteiger partial charge is 0.274 e. The molecular weight excluding hydrogens is 523 g/mol. The molecule has 0 radical (unpaired) electrons. The third kappa shape index (κ3) is 3.79. The SMILES string of the molecule is COc1cc(C=c2sc3nc4ccccc4n3c2=O)cc(I)c1OCc1ccccc1. The van der Waals surface area contributed by atoms with Crippen LogP contribution in [0.15, 0.2) is 71.5 Å². The number of rotatable bonds is 5. The molecule has 0 atom stereocenters. The molecule has 5 rings (SSSR count). The summed E-state index contributed by atoms with van der Waals surface area (Å²) in [6.07, 6.45) is 1.88. The Hall–Kier alpha value is -2.91. The largest absolute Gasteiger partial charge is 0.493 e. The molecule has 2 aromatic heterocycles. The first-order valence-electron chi connectivity index (χ1n) is 9.60. The number of imidazole rings is 1. The van der Waals surface area contributed by atoms with E-state index in [0.717, 1.165) is 25.7 Å². The average Bonchev–Trinajstić information content (AvgIpc) is 3.29. The van der Waals surface area contributed by atoms with Gasteiger partial charge in [-0.15, -0.1) is 0 Å². The number of aromatic nitrogens is 2. The number of para-hydroxylation sites is 2. The van der Waals surface area contributed by atoms with Crippen LogP contribution in [0.1, 0.15) is 11.1 Å². The zero-order valence-electron chi connectivity index (χ0n) is 16.5. The molecule has 0 bridgehead atoms. The number of nitrogens with zero attached hydrogens (tertiary/aromatic N) is 2. The standard InChI is InChI=1S/C24H17IN2O3S/c1-29-20-12-16(11-17(25)22(20)30-14-15-7-3-2-4-8-15)13-21-23(28)27-19-10-6-5-9-18(19)26-24(27)31-21/h2-13H,14H2,1H3. The molecule has 7 heteroatoms. The highest BCUT2D eigenvalue weighted by molar-refractivity contribution is 14.1. The van der Waals surface area contributed by atoms with E-state index in [2.05, 4.69) is 27.6 Å². The van der Waals surface area contributed by atoms with E-state index in [9.17, 15) is 4.79 Å². The van der Waals surface area contributed by atoms with Crippen molar-refractivity contribution in [1.29, 1.82) is 0 Å². The zero-order chi connectivity index (χ0) is 21.4. The summed E-state index contributed by atoms with van der Waals surface area (Å²) in [7, 11) is 1.62. The lowest BCUT2D eigenvalue weighted by atomic mass is 10.2. The summed E-state index contributed by atoms with van der Waals surface area (Å²) in [6.45, 7) is 0.455. The minimum atomic E-state index is -0.0629. The molecule has 31 heavy (non-hydrogen) atoms. The fourth-order valence-corrected chi connectivity index (χ4v) is 5.22. The van der Waals surface area contributed by atoms with Crippen LogP contribution in [0.2, 0.25) is 0 Å². The average molecular weight is 540 g/mol. The van der Waals surface area contributed by atoms with Crippen molar-refractivity contribution in [2.45, 2.75) is 6.61 Å². The molecule has 0 saturated carbocycles. The summed E-state index contributed by atoms with van der Waals surface area (Å²) in [5, 5.41) is 0. The van der Waals surface area contributed by atoms with E-state index in [4.69, 9.17) is 9.47 Å². The van der Waals surface area contributed by atoms with Gasteiger partial charge >= 0.3 is 0 Å². The van der Waals surface area contributed by atoms with Crippen molar-refractivity contribution in [2.75, 3.05) is 7.11 Å². The molecular formula is C24H17IN2O3S. The van der Waals surface area contributed by atoms with Gasteiger partial charge in [0.25, 0.3) is 5.56 Å². The Morgan fingerprint density at radius 3 is 2.68 bits per heavy atom.